The molecule has 0 spiro atoms. The molecule has 1 atom stereocenters. The van der Waals surface area contributed by atoms with Crippen LogP contribution in [0.2, 0.25) is 0 Å². The third-order valence-corrected chi connectivity index (χ3v) is 4.08. The quantitative estimate of drug-likeness (QED) is 0.801. The van der Waals surface area contributed by atoms with Crippen molar-refractivity contribution >= 4 is 17.9 Å². The molecule has 0 radical (unpaired) electrons. The third kappa shape index (κ3) is 2.79. The van der Waals surface area contributed by atoms with Crippen LogP contribution < -0.4 is 0 Å². The van der Waals surface area contributed by atoms with E-state index in [1.165, 1.54) is 0 Å². The third-order valence-electron chi connectivity index (χ3n) is 4.08. The highest BCUT2D eigenvalue weighted by molar-refractivity contribution is 6.13. The van der Waals surface area contributed by atoms with Crippen molar-refractivity contribution in [3.63, 3.8) is 0 Å². The fourth-order valence-corrected chi connectivity index (χ4v) is 2.87. The van der Waals surface area contributed by atoms with Crippen LogP contribution in [-0.2, 0) is 18.9 Å². The van der Waals surface area contributed by atoms with Gasteiger partial charge in [-0.1, -0.05) is 6.92 Å². The highest BCUT2D eigenvalue weighted by Crippen LogP contribution is 2.31. The Morgan fingerprint density at radius 3 is 1.82 bits per heavy atom. The van der Waals surface area contributed by atoms with Crippen molar-refractivity contribution in [2.45, 2.75) is 19.8 Å². The van der Waals surface area contributed by atoms with Crippen molar-refractivity contribution in [2.75, 3.05) is 0 Å². The van der Waals surface area contributed by atoms with Gasteiger partial charge in [0.2, 0.25) is 0 Å². The van der Waals surface area contributed by atoms with E-state index < -0.39 is 0 Å². The maximum Gasteiger partial charge on any atom is 0.185 e. The summed E-state index contributed by atoms with van der Waals surface area (Å²) in [4.78, 5) is 12.8. The molecule has 1 unspecified atom stereocenters. The summed E-state index contributed by atoms with van der Waals surface area (Å²) in [5, 5.41) is 8.30. The summed E-state index contributed by atoms with van der Waals surface area (Å²) in [5.74, 6) is 0.595. The number of ketones is 1. The molecule has 2 aromatic rings. The first-order valence-corrected chi connectivity index (χ1v) is 7.46. The van der Waals surface area contributed by atoms with Crippen LogP contribution in [0.4, 0.5) is 0 Å². The average molecular weight is 296 g/mol. The van der Waals surface area contributed by atoms with Crippen molar-refractivity contribution in [3.05, 3.63) is 47.1 Å². The van der Waals surface area contributed by atoms with Gasteiger partial charge in [-0.2, -0.15) is 10.2 Å². The van der Waals surface area contributed by atoms with Crippen LogP contribution in [0.1, 0.15) is 31.2 Å². The van der Waals surface area contributed by atoms with E-state index in [1.807, 2.05) is 38.4 Å². The van der Waals surface area contributed by atoms with Gasteiger partial charge >= 0.3 is 0 Å². The summed E-state index contributed by atoms with van der Waals surface area (Å²) in [6.07, 6.45) is 9.04. The molecule has 2 heterocycles. The van der Waals surface area contributed by atoms with Crippen LogP contribution in [0.25, 0.3) is 12.2 Å². The van der Waals surface area contributed by atoms with Crippen molar-refractivity contribution in [1.82, 2.24) is 19.6 Å². The largest absolute Gasteiger partial charge is 0.289 e. The van der Waals surface area contributed by atoms with E-state index in [0.717, 1.165) is 35.4 Å². The monoisotopic (exact) mass is 296 g/mol. The molecule has 0 saturated heterocycles. The van der Waals surface area contributed by atoms with Gasteiger partial charge in [0.25, 0.3) is 0 Å². The summed E-state index contributed by atoms with van der Waals surface area (Å²) in [7, 11) is 3.77. The Hall–Kier alpha value is -2.43. The summed E-state index contributed by atoms with van der Waals surface area (Å²) in [6, 6.07) is 3.84. The minimum Gasteiger partial charge on any atom is -0.289 e. The Bertz CT molecular complexity index is 701. The molecule has 5 nitrogen and oxygen atoms in total. The zero-order chi connectivity index (χ0) is 15.7. The second kappa shape index (κ2) is 5.75. The first-order valence-electron chi connectivity index (χ1n) is 7.46. The van der Waals surface area contributed by atoms with E-state index >= 15 is 0 Å². The Labute approximate surface area is 129 Å². The fourth-order valence-electron chi connectivity index (χ4n) is 2.87. The lowest BCUT2D eigenvalue weighted by Gasteiger charge is -2.22. The van der Waals surface area contributed by atoms with Gasteiger partial charge in [0.15, 0.2) is 5.78 Å². The van der Waals surface area contributed by atoms with Gasteiger partial charge in [-0.05, 0) is 43.0 Å². The van der Waals surface area contributed by atoms with Crippen LogP contribution in [0, 0.1) is 5.92 Å². The summed E-state index contributed by atoms with van der Waals surface area (Å²) < 4.78 is 3.56. The Morgan fingerprint density at radius 2 is 1.45 bits per heavy atom. The molecule has 3 rings (SSSR count). The van der Waals surface area contributed by atoms with E-state index in [2.05, 4.69) is 17.1 Å². The topological polar surface area (TPSA) is 52.7 Å². The molecule has 1 fully saturated rings. The minimum absolute atomic E-state index is 0.139. The standard InChI is InChI=1S/C17H20N4O/c1-12-8-13(10-15-4-6-18-20(15)2)17(22)14(9-12)11-16-5-7-19-21(16)3/h4-7,10-12H,8-9H2,1-3H3/b13-10-,14-11+. The number of allylic oxidation sites excluding steroid dienone is 2. The lowest BCUT2D eigenvalue weighted by Crippen LogP contribution is -2.18. The van der Waals surface area contributed by atoms with Gasteiger partial charge in [0.05, 0.1) is 11.4 Å². The van der Waals surface area contributed by atoms with Gasteiger partial charge in [0, 0.05) is 37.6 Å². The smallest absolute Gasteiger partial charge is 0.185 e. The summed E-state index contributed by atoms with van der Waals surface area (Å²) in [6.45, 7) is 2.18. The van der Waals surface area contributed by atoms with Crippen LogP contribution in [0.3, 0.4) is 0 Å². The number of rotatable bonds is 2. The number of aromatic nitrogens is 4. The predicted octanol–water partition coefficient (Wildman–Crippen LogP) is 2.62. The normalized spacial score (nSPS) is 22.7. The van der Waals surface area contributed by atoms with Gasteiger partial charge in [-0.15, -0.1) is 0 Å². The lowest BCUT2D eigenvalue weighted by molar-refractivity contribution is -0.113. The molecular formula is C17H20N4O. The van der Waals surface area contributed by atoms with E-state index in [4.69, 9.17) is 0 Å². The van der Waals surface area contributed by atoms with Gasteiger partial charge < -0.3 is 0 Å². The van der Waals surface area contributed by atoms with Crippen molar-refractivity contribution in [2.24, 2.45) is 20.0 Å². The van der Waals surface area contributed by atoms with Crippen LogP contribution in [0.15, 0.2) is 35.7 Å². The zero-order valence-electron chi connectivity index (χ0n) is 13.2. The number of aryl methyl sites for hydroxylation is 2. The second-order valence-electron chi connectivity index (χ2n) is 5.94. The average Bonchev–Trinajstić information content (AvgIpc) is 3.05. The maximum atomic E-state index is 12.8. The van der Waals surface area contributed by atoms with Crippen LogP contribution in [-0.4, -0.2) is 25.3 Å². The van der Waals surface area contributed by atoms with Crippen molar-refractivity contribution in [1.29, 1.82) is 0 Å². The van der Waals surface area contributed by atoms with E-state index in [0.29, 0.717) is 5.92 Å². The molecule has 1 saturated carbocycles. The first kappa shape index (κ1) is 14.5. The van der Waals surface area contributed by atoms with Crippen LogP contribution >= 0.6 is 0 Å². The molecule has 0 N–H and O–H groups in total. The molecule has 0 amide bonds. The zero-order valence-corrected chi connectivity index (χ0v) is 13.2. The first-order chi connectivity index (χ1) is 10.5. The summed E-state index contributed by atoms with van der Waals surface area (Å²) in [5.41, 5.74) is 3.63. The number of Topliss-reactive ketones (excluding diaryl/α,β-unsaturated/α-hetero) is 1. The molecule has 0 aromatic carbocycles. The Kier molecular flexibility index (Phi) is 3.79. The molecule has 1 aliphatic rings. The lowest BCUT2D eigenvalue weighted by atomic mass is 9.81. The second-order valence-corrected chi connectivity index (χ2v) is 5.94. The van der Waals surface area contributed by atoms with E-state index in [1.54, 1.807) is 21.8 Å². The Morgan fingerprint density at radius 1 is 1.00 bits per heavy atom. The molecule has 22 heavy (non-hydrogen) atoms. The number of carbonyl (C=O) groups excluding carboxylic acids is 1. The minimum atomic E-state index is 0.139. The molecule has 0 aliphatic heterocycles. The van der Waals surface area contributed by atoms with Gasteiger partial charge in [-0.3, -0.25) is 14.2 Å². The van der Waals surface area contributed by atoms with E-state index in [9.17, 15) is 4.79 Å². The van der Waals surface area contributed by atoms with Crippen molar-refractivity contribution in [3.8, 4) is 0 Å². The number of nitrogens with zero attached hydrogens (tertiary/aromatic N) is 4. The molecule has 114 valence electrons. The molecule has 2 aromatic heterocycles. The SMILES string of the molecule is CC1C/C(=C/c2ccnn2C)C(=O)/C(=C/c2ccnn2C)C1. The number of hydrogen-bond donors (Lipinski definition) is 0. The molecule has 1 aliphatic carbocycles. The molecule has 5 heteroatoms. The summed E-state index contributed by atoms with van der Waals surface area (Å²) >= 11 is 0. The highest BCUT2D eigenvalue weighted by atomic mass is 16.1. The highest BCUT2D eigenvalue weighted by Gasteiger charge is 2.25. The fraction of sp³-hybridized carbons (Fsp3) is 0.353. The van der Waals surface area contributed by atoms with Crippen LogP contribution in [0.5, 0.6) is 0 Å². The molecular weight excluding hydrogens is 276 g/mol. The number of carbonyl (C=O) groups is 1. The van der Waals surface area contributed by atoms with Gasteiger partial charge in [0.1, 0.15) is 0 Å². The Balaban J connectivity index is 1.96. The molecule has 0 bridgehead atoms. The maximum absolute atomic E-state index is 12.8. The van der Waals surface area contributed by atoms with Crippen molar-refractivity contribution < 1.29 is 4.79 Å². The van der Waals surface area contributed by atoms with E-state index in [-0.39, 0.29) is 5.78 Å². The number of hydrogen-bond acceptors (Lipinski definition) is 3. The predicted molar refractivity (Wildman–Crippen MR) is 85.8 cm³/mol. The van der Waals surface area contributed by atoms with Gasteiger partial charge in [-0.25, -0.2) is 0 Å².